The van der Waals surface area contributed by atoms with Crippen molar-refractivity contribution in [3.63, 3.8) is 0 Å². The zero-order valence-electron chi connectivity index (χ0n) is 17.8. The number of aliphatic hydroxyl groups excluding tert-OH is 1. The van der Waals surface area contributed by atoms with Crippen LogP contribution in [0.15, 0.2) is 24.3 Å². The first kappa shape index (κ1) is 25.3. The molecular weight excluding hydrogens is 392 g/mol. The van der Waals surface area contributed by atoms with E-state index in [0.29, 0.717) is 25.2 Å². The van der Waals surface area contributed by atoms with E-state index in [9.17, 15) is 19.5 Å². The van der Waals surface area contributed by atoms with Crippen molar-refractivity contribution >= 4 is 17.9 Å². The smallest absolute Gasteiger partial charge is 0.407 e. The number of aliphatic hydroxyl groups is 1. The van der Waals surface area contributed by atoms with Crippen LogP contribution in [0.4, 0.5) is 4.79 Å². The van der Waals surface area contributed by atoms with Crippen LogP contribution in [-0.4, -0.2) is 59.1 Å². The van der Waals surface area contributed by atoms with Crippen molar-refractivity contribution in [1.82, 2.24) is 21.4 Å². The van der Waals surface area contributed by atoms with Crippen LogP contribution in [0.3, 0.4) is 0 Å². The van der Waals surface area contributed by atoms with E-state index in [2.05, 4.69) is 16.0 Å². The van der Waals surface area contributed by atoms with Crippen molar-refractivity contribution in [2.45, 2.75) is 58.4 Å². The molecule has 1 rings (SSSR count). The SMILES string of the molecule is C[C@@H](O)[C@H](NC(=O)c1ccc(CNCCCNC(=O)OC(C)(C)C)cc1)C(=O)NO. The maximum Gasteiger partial charge on any atom is 0.407 e. The van der Waals surface area contributed by atoms with E-state index in [4.69, 9.17) is 9.94 Å². The van der Waals surface area contributed by atoms with Gasteiger partial charge in [0.25, 0.3) is 11.8 Å². The van der Waals surface area contributed by atoms with Gasteiger partial charge in [0.1, 0.15) is 11.6 Å². The Morgan fingerprint density at radius 2 is 1.73 bits per heavy atom. The van der Waals surface area contributed by atoms with Gasteiger partial charge in [-0.25, -0.2) is 10.3 Å². The third kappa shape index (κ3) is 9.68. The van der Waals surface area contributed by atoms with Crippen molar-refractivity contribution in [2.24, 2.45) is 0 Å². The Morgan fingerprint density at radius 3 is 2.27 bits per heavy atom. The van der Waals surface area contributed by atoms with E-state index in [1.54, 1.807) is 45.0 Å². The summed E-state index contributed by atoms with van der Waals surface area (Å²) in [5.41, 5.74) is 2.16. The second-order valence-electron chi connectivity index (χ2n) is 7.82. The van der Waals surface area contributed by atoms with Crippen LogP contribution in [0.1, 0.15) is 50.0 Å². The van der Waals surface area contributed by atoms with Gasteiger partial charge >= 0.3 is 6.09 Å². The Kier molecular flexibility index (Phi) is 10.2. The molecule has 10 nitrogen and oxygen atoms in total. The van der Waals surface area contributed by atoms with Crippen LogP contribution in [0, 0.1) is 0 Å². The van der Waals surface area contributed by atoms with Gasteiger partial charge in [0, 0.05) is 18.7 Å². The predicted octanol–water partition coefficient (Wildman–Crippen LogP) is 0.676. The van der Waals surface area contributed by atoms with E-state index >= 15 is 0 Å². The number of carbonyl (C=O) groups excluding carboxylic acids is 3. The molecule has 1 aromatic rings. The molecule has 0 aliphatic heterocycles. The standard InChI is InChI=1S/C20H32N4O6/c1-13(25)16(18(27)24-29)23-17(26)15-8-6-14(7-9-15)12-21-10-5-11-22-19(28)30-20(2,3)4/h6-9,13,16,21,25,29H,5,10-12H2,1-4H3,(H,22,28)(H,23,26)(H,24,27)/t13-,16+/m1/s1. The minimum atomic E-state index is -1.27. The van der Waals surface area contributed by atoms with Gasteiger partial charge in [0.05, 0.1) is 6.10 Å². The maximum atomic E-state index is 12.2. The average molecular weight is 424 g/mol. The maximum absolute atomic E-state index is 12.2. The summed E-state index contributed by atoms with van der Waals surface area (Å²) in [4.78, 5) is 35.2. The molecule has 10 heteroatoms. The molecule has 0 aliphatic carbocycles. The molecule has 0 saturated heterocycles. The molecule has 0 heterocycles. The molecule has 0 aliphatic rings. The van der Waals surface area contributed by atoms with Gasteiger partial charge in [-0.3, -0.25) is 14.8 Å². The minimum Gasteiger partial charge on any atom is -0.444 e. The number of ether oxygens (including phenoxy) is 1. The number of amides is 3. The summed E-state index contributed by atoms with van der Waals surface area (Å²) in [6.07, 6.45) is -0.882. The molecule has 0 bridgehead atoms. The molecule has 168 valence electrons. The number of carbonyl (C=O) groups is 3. The van der Waals surface area contributed by atoms with E-state index < -0.39 is 35.7 Å². The van der Waals surface area contributed by atoms with E-state index in [1.807, 2.05) is 0 Å². The van der Waals surface area contributed by atoms with E-state index in [1.165, 1.54) is 12.4 Å². The number of hydroxylamine groups is 1. The van der Waals surface area contributed by atoms with Crippen molar-refractivity contribution in [3.8, 4) is 0 Å². The fourth-order valence-electron chi connectivity index (χ4n) is 2.42. The monoisotopic (exact) mass is 424 g/mol. The lowest BCUT2D eigenvalue weighted by Crippen LogP contribution is -2.51. The topological polar surface area (TPSA) is 149 Å². The molecule has 0 radical (unpaired) electrons. The summed E-state index contributed by atoms with van der Waals surface area (Å²) in [5.74, 6) is -1.45. The third-order valence-electron chi connectivity index (χ3n) is 3.91. The summed E-state index contributed by atoms with van der Waals surface area (Å²) in [7, 11) is 0. The van der Waals surface area contributed by atoms with Gasteiger partial charge in [-0.2, -0.15) is 0 Å². The summed E-state index contributed by atoms with van der Waals surface area (Å²) >= 11 is 0. The van der Waals surface area contributed by atoms with E-state index in [-0.39, 0.29) is 0 Å². The fraction of sp³-hybridized carbons (Fsp3) is 0.550. The largest absolute Gasteiger partial charge is 0.444 e. The summed E-state index contributed by atoms with van der Waals surface area (Å²) in [6, 6.07) is 5.48. The molecule has 2 atom stereocenters. The predicted molar refractivity (Wildman–Crippen MR) is 110 cm³/mol. The molecule has 0 spiro atoms. The number of rotatable bonds is 10. The van der Waals surface area contributed by atoms with Gasteiger partial charge in [-0.05, 0) is 58.4 Å². The Hall–Kier alpha value is -2.69. The van der Waals surface area contributed by atoms with Crippen molar-refractivity contribution in [2.75, 3.05) is 13.1 Å². The number of hydrogen-bond acceptors (Lipinski definition) is 7. The van der Waals surface area contributed by atoms with Gasteiger partial charge in [0.2, 0.25) is 0 Å². The van der Waals surface area contributed by atoms with Crippen LogP contribution in [0.5, 0.6) is 0 Å². The molecule has 30 heavy (non-hydrogen) atoms. The normalized spacial score (nSPS) is 13.1. The quantitative estimate of drug-likeness (QED) is 0.184. The second kappa shape index (κ2) is 12.1. The first-order valence-electron chi connectivity index (χ1n) is 9.73. The molecular formula is C20H32N4O6. The first-order chi connectivity index (χ1) is 14.0. The highest BCUT2D eigenvalue weighted by molar-refractivity contribution is 5.97. The van der Waals surface area contributed by atoms with Gasteiger partial charge in [0.15, 0.2) is 0 Å². The van der Waals surface area contributed by atoms with Gasteiger partial charge < -0.3 is 25.8 Å². The lowest BCUT2D eigenvalue weighted by atomic mass is 10.1. The van der Waals surface area contributed by atoms with Crippen LogP contribution >= 0.6 is 0 Å². The highest BCUT2D eigenvalue weighted by Crippen LogP contribution is 2.07. The second-order valence-corrected chi connectivity index (χ2v) is 7.82. The first-order valence-corrected chi connectivity index (χ1v) is 9.73. The van der Waals surface area contributed by atoms with Gasteiger partial charge in [-0.15, -0.1) is 0 Å². The molecule has 0 aromatic heterocycles. The Morgan fingerprint density at radius 1 is 1.10 bits per heavy atom. The van der Waals surface area contributed by atoms with Gasteiger partial charge in [-0.1, -0.05) is 12.1 Å². The third-order valence-corrected chi connectivity index (χ3v) is 3.91. The highest BCUT2D eigenvalue weighted by atomic mass is 16.6. The number of benzene rings is 1. The molecule has 0 unspecified atom stereocenters. The zero-order valence-corrected chi connectivity index (χ0v) is 17.8. The van der Waals surface area contributed by atoms with Crippen molar-refractivity contribution in [1.29, 1.82) is 0 Å². The molecule has 3 amide bonds. The van der Waals surface area contributed by atoms with Crippen LogP contribution in [0.25, 0.3) is 0 Å². The van der Waals surface area contributed by atoms with Crippen LogP contribution in [0.2, 0.25) is 0 Å². The average Bonchev–Trinajstić information content (AvgIpc) is 2.66. The van der Waals surface area contributed by atoms with Crippen molar-refractivity contribution in [3.05, 3.63) is 35.4 Å². The van der Waals surface area contributed by atoms with Crippen LogP contribution in [-0.2, 0) is 16.1 Å². The highest BCUT2D eigenvalue weighted by Gasteiger charge is 2.25. The number of nitrogens with one attached hydrogen (secondary N) is 4. The molecule has 0 saturated carbocycles. The molecule has 1 aromatic carbocycles. The number of alkyl carbamates (subject to hydrolysis) is 1. The summed E-state index contributed by atoms with van der Waals surface area (Å²) in [6.45, 7) is 8.51. The lowest BCUT2D eigenvalue weighted by Gasteiger charge is -2.19. The summed E-state index contributed by atoms with van der Waals surface area (Å²) < 4.78 is 5.15. The fourth-order valence-corrected chi connectivity index (χ4v) is 2.42. The Balaban J connectivity index is 2.36. The summed E-state index contributed by atoms with van der Waals surface area (Å²) in [5, 5.41) is 26.5. The van der Waals surface area contributed by atoms with E-state index in [0.717, 1.165) is 12.0 Å². The molecule has 0 fully saturated rings. The lowest BCUT2D eigenvalue weighted by molar-refractivity contribution is -0.133. The zero-order chi connectivity index (χ0) is 22.7. The minimum absolute atomic E-state index is 0.316. The van der Waals surface area contributed by atoms with Crippen LogP contribution < -0.4 is 21.4 Å². The van der Waals surface area contributed by atoms with Crippen molar-refractivity contribution < 1.29 is 29.4 Å². The molecule has 6 N–H and O–H groups in total. The Bertz CT molecular complexity index is 700. The Labute approximate surface area is 176 Å². The number of hydrogen-bond donors (Lipinski definition) is 6.